The van der Waals surface area contributed by atoms with Crippen molar-refractivity contribution < 1.29 is 14.3 Å². The van der Waals surface area contributed by atoms with Crippen molar-refractivity contribution >= 4 is 6.47 Å². The lowest BCUT2D eigenvalue weighted by Gasteiger charge is -2.06. The van der Waals surface area contributed by atoms with Crippen molar-refractivity contribution in [2.24, 2.45) is 0 Å². The van der Waals surface area contributed by atoms with Gasteiger partial charge in [-0.05, 0) is 29.8 Å². The topological polar surface area (TPSA) is 35.5 Å². The van der Waals surface area contributed by atoms with Gasteiger partial charge in [-0.25, -0.2) is 4.79 Å². The van der Waals surface area contributed by atoms with Gasteiger partial charge in [-0.15, -0.1) is 0 Å². The van der Waals surface area contributed by atoms with Gasteiger partial charge >= 0.3 is 6.47 Å². The molecule has 17 heavy (non-hydrogen) atoms. The molecule has 2 rings (SSSR count). The highest BCUT2D eigenvalue weighted by molar-refractivity contribution is 5.39. The molecular weight excluding hydrogens is 216 g/mol. The average Bonchev–Trinajstić information content (AvgIpc) is 2.38. The smallest absolute Gasteiger partial charge is 0.417 e. The summed E-state index contributed by atoms with van der Waals surface area (Å²) in [6.07, 6.45) is 0. The van der Waals surface area contributed by atoms with Gasteiger partial charge in [-0.2, -0.15) is 0 Å². The lowest BCUT2D eigenvalue weighted by molar-refractivity contribution is 0.266. The zero-order valence-corrected chi connectivity index (χ0v) is 9.13. The molecule has 0 saturated heterocycles. The summed E-state index contributed by atoms with van der Waals surface area (Å²) in [6.45, 7) is 1.60. The molecule has 0 N–H and O–H groups in total. The molecule has 0 fully saturated rings. The molecule has 0 bridgehead atoms. The van der Waals surface area contributed by atoms with Crippen molar-refractivity contribution in [1.29, 1.82) is 0 Å². The number of para-hydroxylation sites is 1. The SMILES string of the molecule is O=[C]OCc1cccc(Oc2ccccc2)c1. The zero-order valence-electron chi connectivity index (χ0n) is 9.13. The minimum atomic E-state index is 0.204. The lowest BCUT2D eigenvalue weighted by Crippen LogP contribution is -1.91. The van der Waals surface area contributed by atoms with Crippen molar-refractivity contribution in [3.63, 3.8) is 0 Å². The summed E-state index contributed by atoms with van der Waals surface area (Å²) in [7, 11) is 0. The first kappa shape index (κ1) is 11.2. The van der Waals surface area contributed by atoms with E-state index in [9.17, 15) is 4.79 Å². The second-order valence-corrected chi connectivity index (χ2v) is 3.43. The van der Waals surface area contributed by atoms with Crippen LogP contribution in [0, 0.1) is 0 Å². The van der Waals surface area contributed by atoms with Gasteiger partial charge in [0.25, 0.3) is 0 Å². The molecule has 3 nitrogen and oxygen atoms in total. The van der Waals surface area contributed by atoms with Gasteiger partial charge in [0, 0.05) is 0 Å². The van der Waals surface area contributed by atoms with E-state index < -0.39 is 0 Å². The number of carbonyl (C=O) groups excluding carboxylic acids is 1. The Balaban J connectivity index is 2.08. The molecule has 0 aliphatic heterocycles. The van der Waals surface area contributed by atoms with E-state index in [1.54, 1.807) is 0 Å². The predicted octanol–water partition coefficient (Wildman–Crippen LogP) is 3.06. The van der Waals surface area contributed by atoms with Crippen LogP contribution in [0.4, 0.5) is 0 Å². The van der Waals surface area contributed by atoms with E-state index >= 15 is 0 Å². The standard InChI is InChI=1S/C14H11O3/c15-11-16-10-12-5-4-8-14(9-12)17-13-6-2-1-3-7-13/h1-9H,10H2. The summed E-state index contributed by atoms with van der Waals surface area (Å²) in [5, 5.41) is 0. The second-order valence-electron chi connectivity index (χ2n) is 3.43. The van der Waals surface area contributed by atoms with Crippen molar-refractivity contribution in [3.8, 4) is 11.5 Å². The monoisotopic (exact) mass is 227 g/mol. The van der Waals surface area contributed by atoms with Crippen LogP contribution in [0.5, 0.6) is 11.5 Å². The van der Waals surface area contributed by atoms with E-state index in [0.29, 0.717) is 5.75 Å². The molecule has 0 heterocycles. The Kier molecular flexibility index (Phi) is 3.76. The van der Waals surface area contributed by atoms with Crippen LogP contribution < -0.4 is 4.74 Å². The first-order valence-electron chi connectivity index (χ1n) is 5.19. The molecule has 0 unspecified atom stereocenters. The summed E-state index contributed by atoms with van der Waals surface area (Å²) in [4.78, 5) is 9.98. The average molecular weight is 227 g/mol. The fraction of sp³-hybridized carbons (Fsp3) is 0.0714. The Morgan fingerprint density at radius 1 is 0.941 bits per heavy atom. The van der Waals surface area contributed by atoms with E-state index in [1.807, 2.05) is 54.6 Å². The molecule has 0 aromatic heterocycles. The van der Waals surface area contributed by atoms with Gasteiger partial charge < -0.3 is 9.47 Å². The van der Waals surface area contributed by atoms with Gasteiger partial charge in [-0.3, -0.25) is 0 Å². The van der Waals surface area contributed by atoms with Crippen LogP contribution in [-0.2, 0) is 16.1 Å². The van der Waals surface area contributed by atoms with E-state index in [1.165, 1.54) is 6.47 Å². The number of rotatable bonds is 5. The number of benzene rings is 2. The maximum atomic E-state index is 9.98. The number of hydrogen-bond donors (Lipinski definition) is 0. The van der Waals surface area contributed by atoms with Crippen LogP contribution >= 0.6 is 0 Å². The Bertz CT molecular complexity index is 480. The number of ether oxygens (including phenoxy) is 2. The van der Waals surface area contributed by atoms with Gasteiger partial charge in [0.15, 0.2) is 0 Å². The zero-order chi connectivity index (χ0) is 11.9. The molecule has 0 atom stereocenters. The molecular formula is C14H11O3. The fourth-order valence-corrected chi connectivity index (χ4v) is 1.44. The largest absolute Gasteiger partial charge is 0.457 e. The Hall–Kier alpha value is -2.29. The van der Waals surface area contributed by atoms with Crippen molar-refractivity contribution in [3.05, 3.63) is 60.2 Å². The summed E-state index contributed by atoms with van der Waals surface area (Å²) in [6, 6.07) is 16.9. The Morgan fingerprint density at radius 3 is 2.47 bits per heavy atom. The van der Waals surface area contributed by atoms with Crippen LogP contribution in [0.2, 0.25) is 0 Å². The van der Waals surface area contributed by atoms with Gasteiger partial charge in [-0.1, -0.05) is 30.3 Å². The fourth-order valence-electron chi connectivity index (χ4n) is 1.44. The summed E-state index contributed by atoms with van der Waals surface area (Å²) < 4.78 is 10.2. The molecule has 2 aromatic carbocycles. The van der Waals surface area contributed by atoms with Crippen LogP contribution in [0.1, 0.15) is 5.56 Å². The van der Waals surface area contributed by atoms with Crippen LogP contribution in [0.25, 0.3) is 0 Å². The van der Waals surface area contributed by atoms with E-state index in [4.69, 9.17) is 4.74 Å². The summed E-state index contributed by atoms with van der Waals surface area (Å²) >= 11 is 0. The Labute approximate surface area is 99.6 Å². The van der Waals surface area contributed by atoms with Crippen LogP contribution in [-0.4, -0.2) is 6.47 Å². The molecule has 85 valence electrons. The summed E-state index contributed by atoms with van der Waals surface area (Å²) in [5.74, 6) is 1.48. The van der Waals surface area contributed by atoms with E-state index in [-0.39, 0.29) is 6.61 Å². The quantitative estimate of drug-likeness (QED) is 0.787. The molecule has 0 aliphatic carbocycles. The lowest BCUT2D eigenvalue weighted by atomic mass is 10.2. The maximum Gasteiger partial charge on any atom is 0.417 e. The van der Waals surface area contributed by atoms with Crippen LogP contribution in [0.3, 0.4) is 0 Å². The highest BCUT2D eigenvalue weighted by Crippen LogP contribution is 2.21. The van der Waals surface area contributed by atoms with Crippen LogP contribution in [0.15, 0.2) is 54.6 Å². The molecule has 0 spiro atoms. The second kappa shape index (κ2) is 5.70. The minimum Gasteiger partial charge on any atom is -0.457 e. The first-order valence-corrected chi connectivity index (χ1v) is 5.19. The van der Waals surface area contributed by atoms with Crippen molar-refractivity contribution in [1.82, 2.24) is 0 Å². The van der Waals surface area contributed by atoms with E-state index in [2.05, 4.69) is 4.74 Å². The normalized spacial score (nSPS) is 9.65. The van der Waals surface area contributed by atoms with Crippen molar-refractivity contribution in [2.75, 3.05) is 0 Å². The highest BCUT2D eigenvalue weighted by atomic mass is 16.5. The molecule has 0 amide bonds. The number of hydrogen-bond acceptors (Lipinski definition) is 3. The summed E-state index contributed by atoms with van der Waals surface area (Å²) in [5.41, 5.74) is 0.863. The third kappa shape index (κ3) is 3.34. The maximum absolute atomic E-state index is 9.98. The molecule has 1 radical (unpaired) electrons. The van der Waals surface area contributed by atoms with Crippen molar-refractivity contribution in [2.45, 2.75) is 6.61 Å². The molecule has 2 aromatic rings. The molecule has 0 saturated carbocycles. The van der Waals surface area contributed by atoms with E-state index in [0.717, 1.165) is 11.3 Å². The van der Waals surface area contributed by atoms with Gasteiger partial charge in [0.2, 0.25) is 0 Å². The highest BCUT2D eigenvalue weighted by Gasteiger charge is 1.99. The van der Waals surface area contributed by atoms with Gasteiger partial charge in [0.1, 0.15) is 18.1 Å². The molecule has 0 aliphatic rings. The van der Waals surface area contributed by atoms with Gasteiger partial charge in [0.05, 0.1) is 0 Å². The Morgan fingerprint density at radius 2 is 1.71 bits per heavy atom. The third-order valence-electron chi connectivity index (χ3n) is 2.18. The first-order chi connectivity index (χ1) is 8.38. The minimum absolute atomic E-state index is 0.204. The predicted molar refractivity (Wildman–Crippen MR) is 63.4 cm³/mol. The molecule has 3 heteroatoms. The third-order valence-corrected chi connectivity index (χ3v) is 2.18.